The molecule has 0 spiro atoms. The number of ether oxygens (including phenoxy) is 1. The van der Waals surface area contributed by atoms with E-state index in [-0.39, 0.29) is 5.92 Å². The lowest BCUT2D eigenvalue weighted by atomic mass is 9.66. The monoisotopic (exact) mass is 355 g/mol. The second kappa shape index (κ2) is 8.19. The Bertz CT molecular complexity index is 749. The molecule has 1 fully saturated rings. The minimum absolute atomic E-state index is 0.0480. The minimum atomic E-state index is -0.881. The molecule has 0 amide bonds. The number of rotatable bonds is 7. The van der Waals surface area contributed by atoms with Crippen LogP contribution in [0.3, 0.4) is 0 Å². The summed E-state index contributed by atoms with van der Waals surface area (Å²) in [5.74, 6) is -0.664. The molecule has 0 radical (unpaired) electrons. The van der Waals surface area contributed by atoms with E-state index in [1.165, 1.54) is 0 Å². The Morgan fingerprint density at radius 3 is 2.58 bits per heavy atom. The number of aliphatic carboxylic acids is 1. The average molecular weight is 355 g/mol. The van der Waals surface area contributed by atoms with Gasteiger partial charge in [0.2, 0.25) is 0 Å². The van der Waals surface area contributed by atoms with Crippen molar-refractivity contribution in [3.05, 3.63) is 48.0 Å². The summed E-state index contributed by atoms with van der Waals surface area (Å²) in [5, 5.41) is 12.6. The quantitative estimate of drug-likeness (QED) is 0.817. The lowest BCUT2D eigenvalue weighted by Gasteiger charge is -2.38. The second-order valence-electron chi connectivity index (χ2n) is 7.32. The average Bonchev–Trinajstić information content (AvgIpc) is 2.68. The normalized spacial score (nSPS) is 19.2. The zero-order valence-corrected chi connectivity index (χ0v) is 15.8. The van der Waals surface area contributed by atoms with Crippen molar-refractivity contribution in [3.8, 4) is 0 Å². The molecule has 2 atom stereocenters. The van der Waals surface area contributed by atoms with Gasteiger partial charge in [-0.15, -0.1) is 0 Å². The highest BCUT2D eigenvalue weighted by molar-refractivity contribution is 5.93. The molecule has 140 valence electrons. The molecule has 0 saturated carbocycles. The molecule has 0 aromatic heterocycles. The number of carbonyl (C=O) groups is 1. The van der Waals surface area contributed by atoms with E-state index >= 15 is 0 Å². The Labute approximate surface area is 155 Å². The number of nitrogens with zero attached hydrogens (tertiary/aromatic N) is 1. The highest BCUT2D eigenvalue weighted by Crippen LogP contribution is 2.41. The van der Waals surface area contributed by atoms with Gasteiger partial charge in [-0.2, -0.15) is 0 Å². The number of benzene rings is 2. The predicted octanol–water partition coefficient (Wildman–Crippen LogP) is 3.93. The molecule has 26 heavy (non-hydrogen) atoms. The van der Waals surface area contributed by atoms with Crippen LogP contribution >= 0.6 is 0 Å². The summed E-state index contributed by atoms with van der Waals surface area (Å²) in [4.78, 5) is 15.0. The highest BCUT2D eigenvalue weighted by atomic mass is 16.5. The summed E-state index contributed by atoms with van der Waals surface area (Å²) >= 11 is 0. The first-order valence-electron chi connectivity index (χ1n) is 9.61. The maximum atomic E-state index is 12.7. The summed E-state index contributed by atoms with van der Waals surface area (Å²) in [6.07, 6.45) is 1.45. The van der Waals surface area contributed by atoms with E-state index in [9.17, 15) is 9.90 Å². The summed E-state index contributed by atoms with van der Waals surface area (Å²) < 4.78 is 5.43. The van der Waals surface area contributed by atoms with E-state index in [1.54, 1.807) is 0 Å². The van der Waals surface area contributed by atoms with Crippen molar-refractivity contribution in [1.29, 1.82) is 0 Å². The summed E-state index contributed by atoms with van der Waals surface area (Å²) in [6, 6.07) is 14.2. The number of carboxylic acid groups (broad SMARTS) is 1. The third-order valence-electron chi connectivity index (χ3n) is 6.03. The fraction of sp³-hybridized carbons (Fsp3) is 0.500. The van der Waals surface area contributed by atoms with Crippen LogP contribution in [0.1, 0.15) is 32.3 Å². The minimum Gasteiger partial charge on any atom is -0.481 e. The molecular formula is C22H29NO3. The molecule has 1 heterocycles. The van der Waals surface area contributed by atoms with E-state index in [4.69, 9.17) is 4.74 Å². The van der Waals surface area contributed by atoms with Crippen molar-refractivity contribution in [2.75, 3.05) is 32.8 Å². The van der Waals surface area contributed by atoms with Gasteiger partial charge in [0.1, 0.15) is 0 Å². The molecule has 1 N–H and O–H groups in total. The van der Waals surface area contributed by atoms with Crippen LogP contribution in [-0.4, -0.2) is 48.8 Å². The van der Waals surface area contributed by atoms with Gasteiger partial charge in [0, 0.05) is 13.1 Å². The van der Waals surface area contributed by atoms with Crippen LogP contribution in [0.2, 0.25) is 0 Å². The summed E-state index contributed by atoms with van der Waals surface area (Å²) in [6.45, 7) is 8.17. The van der Waals surface area contributed by atoms with Gasteiger partial charge < -0.3 is 9.84 Å². The first-order valence-corrected chi connectivity index (χ1v) is 9.61. The molecular weight excluding hydrogens is 326 g/mol. The van der Waals surface area contributed by atoms with Gasteiger partial charge in [-0.05, 0) is 35.2 Å². The van der Waals surface area contributed by atoms with Crippen LogP contribution in [0.25, 0.3) is 10.8 Å². The lowest BCUT2D eigenvalue weighted by molar-refractivity contribution is -0.146. The maximum absolute atomic E-state index is 12.7. The summed E-state index contributed by atoms with van der Waals surface area (Å²) in [5.41, 5.74) is 0.0687. The Kier molecular flexibility index (Phi) is 5.94. The van der Waals surface area contributed by atoms with Gasteiger partial charge in [0.15, 0.2) is 0 Å². The van der Waals surface area contributed by atoms with Gasteiger partial charge >= 0.3 is 5.97 Å². The maximum Gasteiger partial charge on any atom is 0.314 e. The molecule has 1 saturated heterocycles. The summed E-state index contributed by atoms with van der Waals surface area (Å²) in [7, 11) is 0. The fourth-order valence-corrected chi connectivity index (χ4v) is 4.20. The van der Waals surface area contributed by atoms with Crippen LogP contribution < -0.4 is 0 Å². The zero-order chi connectivity index (χ0) is 18.6. The highest BCUT2D eigenvalue weighted by Gasteiger charge is 2.45. The third kappa shape index (κ3) is 3.49. The molecule has 0 aliphatic carbocycles. The number of carboxylic acids is 1. The van der Waals surface area contributed by atoms with Crippen LogP contribution in [0.15, 0.2) is 42.5 Å². The molecule has 3 rings (SSSR count). The molecule has 1 aliphatic heterocycles. The second-order valence-corrected chi connectivity index (χ2v) is 7.32. The van der Waals surface area contributed by atoms with Crippen molar-refractivity contribution in [2.24, 2.45) is 5.92 Å². The van der Waals surface area contributed by atoms with Gasteiger partial charge in [0.25, 0.3) is 0 Å². The third-order valence-corrected chi connectivity index (χ3v) is 6.03. The molecule has 2 aromatic rings. The standard InChI is InChI=1S/C22H29NO3/c1-3-17(2)22(21(24)25,11-12-23-13-15-26-16-14-23)20-10-6-8-18-7-4-5-9-19(18)20/h4-10,17H,3,11-16H2,1-2H3,(H,24,25). The van der Waals surface area contributed by atoms with Crippen LogP contribution in [0.5, 0.6) is 0 Å². The van der Waals surface area contributed by atoms with Crippen molar-refractivity contribution in [3.63, 3.8) is 0 Å². The number of fused-ring (bicyclic) bond motifs is 1. The van der Waals surface area contributed by atoms with Gasteiger partial charge in [0.05, 0.1) is 18.6 Å². The van der Waals surface area contributed by atoms with E-state index in [0.29, 0.717) is 6.42 Å². The zero-order valence-electron chi connectivity index (χ0n) is 15.8. The Morgan fingerprint density at radius 2 is 1.88 bits per heavy atom. The van der Waals surface area contributed by atoms with Crippen LogP contribution in [0, 0.1) is 5.92 Å². The first-order chi connectivity index (χ1) is 12.6. The largest absolute Gasteiger partial charge is 0.481 e. The topological polar surface area (TPSA) is 49.8 Å². The Morgan fingerprint density at radius 1 is 1.19 bits per heavy atom. The smallest absolute Gasteiger partial charge is 0.314 e. The molecule has 2 aromatic carbocycles. The van der Waals surface area contributed by atoms with E-state index in [2.05, 4.69) is 36.9 Å². The fourth-order valence-electron chi connectivity index (χ4n) is 4.20. The Hall–Kier alpha value is -1.91. The van der Waals surface area contributed by atoms with Crippen LogP contribution in [-0.2, 0) is 14.9 Å². The van der Waals surface area contributed by atoms with E-state index < -0.39 is 11.4 Å². The molecule has 0 bridgehead atoms. The van der Waals surface area contributed by atoms with Crippen molar-refractivity contribution >= 4 is 16.7 Å². The number of hydrogen-bond acceptors (Lipinski definition) is 3. The number of hydrogen-bond donors (Lipinski definition) is 1. The van der Waals surface area contributed by atoms with Crippen molar-refractivity contribution in [2.45, 2.75) is 32.1 Å². The Balaban J connectivity index is 2.05. The van der Waals surface area contributed by atoms with E-state index in [0.717, 1.165) is 55.6 Å². The van der Waals surface area contributed by atoms with Crippen molar-refractivity contribution in [1.82, 2.24) is 4.90 Å². The molecule has 4 heteroatoms. The number of morpholine rings is 1. The van der Waals surface area contributed by atoms with Crippen molar-refractivity contribution < 1.29 is 14.6 Å². The van der Waals surface area contributed by atoms with Crippen LogP contribution in [0.4, 0.5) is 0 Å². The first kappa shape index (κ1) is 18.9. The molecule has 4 nitrogen and oxygen atoms in total. The van der Waals surface area contributed by atoms with E-state index in [1.807, 2.05) is 24.3 Å². The molecule has 2 unspecified atom stereocenters. The van der Waals surface area contributed by atoms with Gasteiger partial charge in [-0.25, -0.2) is 0 Å². The van der Waals surface area contributed by atoms with Gasteiger partial charge in [-0.1, -0.05) is 62.7 Å². The lowest BCUT2D eigenvalue weighted by Crippen LogP contribution is -2.46. The molecule has 1 aliphatic rings. The van der Waals surface area contributed by atoms with Gasteiger partial charge in [-0.3, -0.25) is 9.69 Å². The predicted molar refractivity (Wildman–Crippen MR) is 105 cm³/mol. The SMILES string of the molecule is CCC(C)C(CCN1CCOCC1)(C(=O)O)c1cccc2ccccc12.